The monoisotopic (exact) mass is 606 g/mol. The Morgan fingerprint density at radius 3 is 1.66 bits per heavy atom. The molecule has 236 valence electrons. The minimum Gasteiger partial charge on any atom is -0.464 e. The first-order chi connectivity index (χ1) is 18.1. The number of amides is 3. The molecule has 12 nitrogen and oxygen atoms in total. The van der Waals surface area contributed by atoms with E-state index in [0.29, 0.717) is 13.0 Å². The molecule has 0 aliphatic carbocycles. The second kappa shape index (κ2) is 10.6. The van der Waals surface area contributed by atoms with Crippen LogP contribution in [0.3, 0.4) is 0 Å². The third-order valence-corrected chi connectivity index (χ3v) is 8.63. The molecule has 14 heteroatoms. The van der Waals surface area contributed by atoms with Crippen molar-refractivity contribution in [3.8, 4) is 0 Å². The highest BCUT2D eigenvalue weighted by atomic mass is 35.5. The molecule has 1 saturated heterocycles. The number of likely N-dealkylation sites (N-methyl/N-ethyl adjacent to an activating group) is 1. The van der Waals surface area contributed by atoms with Crippen molar-refractivity contribution in [3.63, 3.8) is 0 Å². The van der Waals surface area contributed by atoms with Crippen LogP contribution in [0, 0.1) is 5.41 Å². The van der Waals surface area contributed by atoms with E-state index in [9.17, 15) is 29.7 Å². The molecule has 3 atom stereocenters. The molecule has 2 rings (SSSR count). The number of carboxylic acid groups (broad SMARTS) is 3. The van der Waals surface area contributed by atoms with Crippen LogP contribution >= 0.6 is 11.6 Å². The molecule has 3 N–H and O–H groups in total. The quantitative estimate of drug-likeness (QED) is 0.213. The first kappa shape index (κ1) is 34.7. The van der Waals surface area contributed by atoms with E-state index in [2.05, 4.69) is 0 Å². The second-order valence-corrected chi connectivity index (χ2v) is 15.2. The summed E-state index contributed by atoms with van der Waals surface area (Å²) in [5.74, 6) is -1.04. The molecule has 0 aromatic rings. The van der Waals surface area contributed by atoms with Gasteiger partial charge < -0.3 is 30.0 Å². The molecular weight excluding hydrogens is 559 g/mol. The highest BCUT2D eigenvalue weighted by molar-refractivity contribution is 6.24. The van der Waals surface area contributed by atoms with Gasteiger partial charge in [0.1, 0.15) is 5.82 Å². The van der Waals surface area contributed by atoms with Crippen molar-refractivity contribution < 1.29 is 34.1 Å². The Bertz CT molecular complexity index is 1080. The topological polar surface area (TPSA) is 131 Å². The molecule has 0 saturated carbocycles. The van der Waals surface area contributed by atoms with E-state index in [4.69, 9.17) is 11.6 Å². The second-order valence-electron chi connectivity index (χ2n) is 14.7. The van der Waals surface area contributed by atoms with Crippen molar-refractivity contribution in [1.29, 1.82) is 0 Å². The van der Waals surface area contributed by atoms with Gasteiger partial charge in [0.25, 0.3) is 0 Å². The van der Waals surface area contributed by atoms with Crippen LogP contribution in [0.2, 0.25) is 0 Å². The van der Waals surface area contributed by atoms with Crippen molar-refractivity contribution in [2.24, 2.45) is 5.41 Å². The number of hydrogen-bond acceptors (Lipinski definition) is 7. The molecule has 1 fully saturated rings. The molecule has 2 heterocycles. The summed E-state index contributed by atoms with van der Waals surface area (Å²) in [6, 6.07) is 0.00990. The van der Waals surface area contributed by atoms with Crippen molar-refractivity contribution in [2.75, 3.05) is 20.6 Å². The third-order valence-electron chi connectivity index (χ3n) is 7.71. The van der Waals surface area contributed by atoms with Gasteiger partial charge in [-0.15, -0.1) is 5.01 Å². The first-order valence-electron chi connectivity index (χ1n) is 13.5. The van der Waals surface area contributed by atoms with Gasteiger partial charge in [0.15, 0.2) is 17.1 Å². The fraction of sp³-hybridized carbons (Fsp3) is 0.815. The summed E-state index contributed by atoms with van der Waals surface area (Å²) in [6.07, 6.45) is -7.60. The lowest BCUT2D eigenvalue weighted by molar-refractivity contribution is -0.207. The Morgan fingerprint density at radius 1 is 0.902 bits per heavy atom. The van der Waals surface area contributed by atoms with Gasteiger partial charge in [-0.25, -0.2) is 23.7 Å². The Hall–Kier alpha value is -2.51. The average molecular weight is 607 g/mol. The van der Waals surface area contributed by atoms with Gasteiger partial charge in [-0.1, -0.05) is 32.4 Å². The first-order valence-corrected chi connectivity index (χ1v) is 13.9. The van der Waals surface area contributed by atoms with Gasteiger partial charge in [0.2, 0.25) is 0 Å². The molecule has 3 unspecified atom stereocenters. The molecule has 0 bridgehead atoms. The summed E-state index contributed by atoms with van der Waals surface area (Å²) in [5.41, 5.74) is -3.54. The fourth-order valence-electron chi connectivity index (χ4n) is 5.98. The summed E-state index contributed by atoms with van der Waals surface area (Å²) in [7, 11) is 3.85. The molecule has 0 aromatic carbocycles. The maximum absolute atomic E-state index is 17.6. The normalized spacial score (nSPS) is 26.0. The van der Waals surface area contributed by atoms with Gasteiger partial charge in [0, 0.05) is 34.6 Å². The van der Waals surface area contributed by atoms with E-state index in [0.717, 1.165) is 0 Å². The summed E-state index contributed by atoms with van der Waals surface area (Å²) in [5, 5.41) is 27.9. The van der Waals surface area contributed by atoms with E-state index < -0.39 is 62.4 Å². The Balaban J connectivity index is 3.24. The fourth-order valence-corrected chi connectivity index (χ4v) is 6.66. The smallest absolute Gasteiger partial charge is 0.436 e. The minimum absolute atomic E-state index is 0.000615. The third kappa shape index (κ3) is 5.90. The van der Waals surface area contributed by atoms with Crippen LogP contribution in [-0.2, 0) is 0 Å². The lowest BCUT2D eigenvalue weighted by Gasteiger charge is -2.67. The lowest BCUT2D eigenvalue weighted by Crippen LogP contribution is -2.80. The van der Waals surface area contributed by atoms with Gasteiger partial charge in [-0.2, -0.15) is 5.01 Å². The van der Waals surface area contributed by atoms with Crippen LogP contribution in [0.4, 0.5) is 18.8 Å². The number of imide groups is 1. The number of halogens is 2. The summed E-state index contributed by atoms with van der Waals surface area (Å²) in [4.78, 5) is 44.1. The number of hydrazine groups is 1. The number of likely N-dealkylation sites (tertiary alicyclic amines) is 1. The Kier molecular flexibility index (Phi) is 9.00. The van der Waals surface area contributed by atoms with Gasteiger partial charge in [-0.05, 0) is 75.9 Å². The van der Waals surface area contributed by atoms with Crippen LogP contribution in [0.25, 0.3) is 0 Å². The van der Waals surface area contributed by atoms with Crippen molar-refractivity contribution in [2.45, 2.75) is 117 Å². The number of rotatable bonds is 3. The zero-order valence-electron chi connectivity index (χ0n) is 26.6. The number of alkyl halides is 1. The zero-order valence-corrected chi connectivity index (χ0v) is 27.3. The molecule has 0 aromatic heterocycles. The maximum atomic E-state index is 17.6. The highest BCUT2D eigenvalue weighted by Crippen LogP contribution is 2.57. The molecule has 0 spiro atoms. The SMILES string of the molecule is CN(C)C1CN(C2=C(F)C(N(C(=O)O)N(C(=O)O)C(=O)O)N(C(C)(C)C)C(Cl)(C(C)(C)C)N2C(C)(C)C)C(C)(C)C1. The van der Waals surface area contributed by atoms with Crippen molar-refractivity contribution in [3.05, 3.63) is 11.6 Å². The molecule has 41 heavy (non-hydrogen) atoms. The van der Waals surface area contributed by atoms with Crippen LogP contribution in [-0.4, -0.2) is 118 Å². The Morgan fingerprint density at radius 2 is 1.37 bits per heavy atom. The molecule has 2 aliphatic rings. The maximum Gasteiger partial charge on any atom is 0.436 e. The number of nitrogens with zero attached hydrogens (tertiary/aromatic N) is 6. The van der Waals surface area contributed by atoms with E-state index in [-0.39, 0.29) is 16.9 Å². The standard InChI is InChI=1S/C27H48ClFN6O6/c1-23(2,3)27(28)34(24(4,5)6)18(31-15-16(30(12)13)14-26(31,10)11)17(29)19(35(27)25(7,8)9)32(20(36)37)33(21(38)39)22(40)41/h16,19H,14-15H2,1-13H3,(H,36,37)(H,38,39)(H,40,41). The van der Waals surface area contributed by atoms with Gasteiger partial charge in [0.05, 0.1) is 0 Å². The van der Waals surface area contributed by atoms with E-state index in [1.165, 1.54) is 4.90 Å². The minimum atomic E-state index is -2.11. The van der Waals surface area contributed by atoms with Crippen molar-refractivity contribution >= 4 is 29.9 Å². The van der Waals surface area contributed by atoms with Gasteiger partial charge >= 0.3 is 18.3 Å². The van der Waals surface area contributed by atoms with Crippen LogP contribution in [0.15, 0.2) is 11.6 Å². The zero-order chi connectivity index (χ0) is 32.4. The molecular formula is C27H48ClFN6O6. The van der Waals surface area contributed by atoms with E-state index >= 15 is 4.39 Å². The number of carbonyl (C=O) groups is 3. The van der Waals surface area contributed by atoms with E-state index in [1.54, 1.807) is 25.7 Å². The lowest BCUT2D eigenvalue weighted by atomic mass is 9.82. The van der Waals surface area contributed by atoms with E-state index in [1.807, 2.05) is 79.3 Å². The number of hydrogen-bond donors (Lipinski definition) is 3. The van der Waals surface area contributed by atoms with Crippen LogP contribution < -0.4 is 0 Å². The molecule has 3 amide bonds. The predicted octanol–water partition coefficient (Wildman–Crippen LogP) is 5.57. The highest BCUT2D eigenvalue weighted by Gasteiger charge is 2.66. The molecule has 2 aliphatic heterocycles. The summed E-state index contributed by atoms with van der Waals surface area (Å²) >= 11 is 7.77. The Labute approximate surface area is 247 Å². The van der Waals surface area contributed by atoms with Crippen LogP contribution in [0.1, 0.15) is 82.6 Å². The van der Waals surface area contributed by atoms with Gasteiger partial charge in [-0.3, -0.25) is 0 Å². The summed E-state index contributed by atoms with van der Waals surface area (Å²) in [6.45, 7) is 20.4. The average Bonchev–Trinajstić information content (AvgIpc) is 3.04. The summed E-state index contributed by atoms with van der Waals surface area (Å²) < 4.78 is 17.6. The largest absolute Gasteiger partial charge is 0.464 e. The predicted molar refractivity (Wildman–Crippen MR) is 154 cm³/mol. The van der Waals surface area contributed by atoms with Crippen LogP contribution in [0.5, 0.6) is 0 Å². The molecule has 0 radical (unpaired) electrons. The van der Waals surface area contributed by atoms with Crippen molar-refractivity contribution in [1.82, 2.24) is 29.6 Å².